The Bertz CT molecular complexity index is 612. The molecule has 0 saturated carbocycles. The number of aromatic nitrogens is 2. The lowest BCUT2D eigenvalue weighted by atomic mass is 10.2. The van der Waals surface area contributed by atoms with Crippen LogP contribution in [0, 0.1) is 0 Å². The van der Waals surface area contributed by atoms with Crippen molar-refractivity contribution in [2.45, 2.75) is 25.9 Å². The summed E-state index contributed by atoms with van der Waals surface area (Å²) >= 11 is 5.93. The Morgan fingerprint density at radius 1 is 1.52 bits per heavy atom. The van der Waals surface area contributed by atoms with E-state index in [-0.39, 0.29) is 12.5 Å². The van der Waals surface area contributed by atoms with Crippen molar-refractivity contribution >= 4 is 17.5 Å². The molecule has 6 heteroatoms. The van der Waals surface area contributed by atoms with E-state index >= 15 is 0 Å². The number of hydrogen-bond donors (Lipinski definition) is 2. The number of nitrogens with zero attached hydrogens (tertiary/aromatic N) is 2. The molecule has 2 N–H and O–H groups in total. The first kappa shape index (κ1) is 15.5. The fourth-order valence-corrected chi connectivity index (χ4v) is 2.13. The molecule has 1 atom stereocenters. The zero-order chi connectivity index (χ0) is 15.2. The standard InChI is InChI=1S/C15H18ClN3O2/c1-2-4-14(20)9-17-15(21)11-8-18-19(10-11)13-6-3-5-12(16)7-13/h3,5-8,10,14,20H,2,4,9H2,1H3,(H,17,21). The molecule has 1 aromatic heterocycles. The van der Waals surface area contributed by atoms with Gasteiger partial charge in [-0.2, -0.15) is 5.10 Å². The Kier molecular flexibility index (Phi) is 5.36. The summed E-state index contributed by atoms with van der Waals surface area (Å²) in [5.41, 5.74) is 1.23. The van der Waals surface area contributed by atoms with Crippen LogP contribution in [0.15, 0.2) is 36.7 Å². The second-order valence-corrected chi connectivity index (χ2v) is 5.24. The second kappa shape index (κ2) is 7.24. The molecular formula is C15H18ClN3O2. The fourth-order valence-electron chi connectivity index (χ4n) is 1.95. The van der Waals surface area contributed by atoms with Crippen molar-refractivity contribution in [3.05, 3.63) is 47.2 Å². The molecule has 0 bridgehead atoms. The van der Waals surface area contributed by atoms with Gasteiger partial charge in [-0.25, -0.2) is 4.68 Å². The van der Waals surface area contributed by atoms with Crippen LogP contribution in [0.5, 0.6) is 0 Å². The topological polar surface area (TPSA) is 67.2 Å². The number of benzene rings is 1. The van der Waals surface area contributed by atoms with E-state index in [9.17, 15) is 9.90 Å². The summed E-state index contributed by atoms with van der Waals surface area (Å²) < 4.78 is 1.59. The molecule has 5 nitrogen and oxygen atoms in total. The summed E-state index contributed by atoms with van der Waals surface area (Å²) in [4.78, 5) is 12.0. The maximum atomic E-state index is 12.0. The highest BCUT2D eigenvalue weighted by atomic mass is 35.5. The van der Waals surface area contributed by atoms with Gasteiger partial charge in [-0.15, -0.1) is 0 Å². The SMILES string of the molecule is CCCC(O)CNC(=O)c1cnn(-c2cccc(Cl)c2)c1. The first-order chi connectivity index (χ1) is 10.1. The molecule has 0 aliphatic rings. The zero-order valence-corrected chi connectivity index (χ0v) is 12.5. The van der Waals surface area contributed by atoms with E-state index < -0.39 is 6.10 Å². The monoisotopic (exact) mass is 307 g/mol. The molecule has 21 heavy (non-hydrogen) atoms. The molecule has 112 valence electrons. The molecule has 1 amide bonds. The average molecular weight is 308 g/mol. The summed E-state index contributed by atoms with van der Waals surface area (Å²) in [5, 5.41) is 17.1. The smallest absolute Gasteiger partial charge is 0.254 e. The third-order valence-corrected chi connectivity index (χ3v) is 3.27. The van der Waals surface area contributed by atoms with E-state index in [0.29, 0.717) is 17.0 Å². The van der Waals surface area contributed by atoms with Crippen LogP contribution in [0.4, 0.5) is 0 Å². The number of hydrogen-bond acceptors (Lipinski definition) is 3. The van der Waals surface area contributed by atoms with Crippen LogP contribution in [0.1, 0.15) is 30.1 Å². The molecule has 0 spiro atoms. The van der Waals surface area contributed by atoms with Crippen molar-refractivity contribution in [1.29, 1.82) is 0 Å². The first-order valence-corrected chi connectivity index (χ1v) is 7.25. The molecular weight excluding hydrogens is 290 g/mol. The third kappa shape index (κ3) is 4.31. The minimum atomic E-state index is -0.512. The van der Waals surface area contributed by atoms with Gasteiger partial charge in [-0.05, 0) is 24.6 Å². The minimum Gasteiger partial charge on any atom is -0.391 e. The van der Waals surface area contributed by atoms with Gasteiger partial charge in [0.1, 0.15) is 0 Å². The van der Waals surface area contributed by atoms with Crippen LogP contribution in [-0.4, -0.2) is 33.4 Å². The Labute approximate surface area is 128 Å². The van der Waals surface area contributed by atoms with Crippen molar-refractivity contribution < 1.29 is 9.90 Å². The fraction of sp³-hybridized carbons (Fsp3) is 0.333. The third-order valence-electron chi connectivity index (χ3n) is 3.04. The number of carbonyl (C=O) groups is 1. The Morgan fingerprint density at radius 3 is 3.05 bits per heavy atom. The van der Waals surface area contributed by atoms with E-state index in [0.717, 1.165) is 12.1 Å². The van der Waals surface area contributed by atoms with Crippen molar-refractivity contribution in [1.82, 2.24) is 15.1 Å². The number of amides is 1. The van der Waals surface area contributed by atoms with Gasteiger partial charge in [0.2, 0.25) is 0 Å². The van der Waals surface area contributed by atoms with Gasteiger partial charge in [-0.1, -0.05) is 31.0 Å². The Balaban J connectivity index is 2.01. The maximum Gasteiger partial charge on any atom is 0.254 e. The summed E-state index contributed by atoms with van der Waals surface area (Å²) in [6.45, 7) is 2.23. The predicted molar refractivity (Wildman–Crippen MR) is 81.8 cm³/mol. The summed E-state index contributed by atoms with van der Waals surface area (Å²) in [6, 6.07) is 7.21. The summed E-state index contributed by atoms with van der Waals surface area (Å²) in [6.07, 6.45) is 4.16. The number of rotatable bonds is 6. The highest BCUT2D eigenvalue weighted by Gasteiger charge is 2.11. The van der Waals surface area contributed by atoms with Gasteiger partial charge >= 0.3 is 0 Å². The molecule has 1 heterocycles. The minimum absolute atomic E-state index is 0.245. The van der Waals surface area contributed by atoms with Crippen LogP contribution < -0.4 is 5.32 Å². The first-order valence-electron chi connectivity index (χ1n) is 6.87. The lowest BCUT2D eigenvalue weighted by Crippen LogP contribution is -2.31. The van der Waals surface area contributed by atoms with Gasteiger partial charge in [0.25, 0.3) is 5.91 Å². The molecule has 2 aromatic rings. The van der Waals surface area contributed by atoms with Gasteiger partial charge in [-0.3, -0.25) is 4.79 Å². The van der Waals surface area contributed by atoms with E-state index in [2.05, 4.69) is 10.4 Å². The van der Waals surface area contributed by atoms with Gasteiger partial charge in [0.05, 0.1) is 23.6 Å². The maximum absolute atomic E-state index is 12.0. The van der Waals surface area contributed by atoms with E-state index in [4.69, 9.17) is 11.6 Å². The predicted octanol–water partition coefficient (Wildman–Crippen LogP) is 2.42. The number of carbonyl (C=O) groups excluding carboxylic acids is 1. The molecule has 1 aromatic carbocycles. The highest BCUT2D eigenvalue weighted by molar-refractivity contribution is 6.30. The van der Waals surface area contributed by atoms with E-state index in [1.54, 1.807) is 23.0 Å². The van der Waals surface area contributed by atoms with Crippen molar-refractivity contribution in [2.75, 3.05) is 6.54 Å². The molecule has 2 rings (SSSR count). The van der Waals surface area contributed by atoms with Crippen LogP contribution in [-0.2, 0) is 0 Å². The normalized spacial score (nSPS) is 12.1. The number of aliphatic hydroxyl groups excluding tert-OH is 1. The molecule has 0 saturated heterocycles. The van der Waals surface area contributed by atoms with Gasteiger partial charge in [0.15, 0.2) is 0 Å². The number of nitrogens with one attached hydrogen (secondary N) is 1. The zero-order valence-electron chi connectivity index (χ0n) is 11.8. The van der Waals surface area contributed by atoms with Crippen LogP contribution in [0.3, 0.4) is 0 Å². The summed E-state index contributed by atoms with van der Waals surface area (Å²) in [7, 11) is 0. The molecule has 0 fully saturated rings. The molecule has 1 unspecified atom stereocenters. The second-order valence-electron chi connectivity index (χ2n) is 4.81. The lowest BCUT2D eigenvalue weighted by molar-refractivity contribution is 0.0910. The highest BCUT2D eigenvalue weighted by Crippen LogP contribution is 2.14. The number of halogens is 1. The van der Waals surface area contributed by atoms with Crippen LogP contribution in [0.25, 0.3) is 5.69 Å². The van der Waals surface area contributed by atoms with Crippen molar-refractivity contribution in [3.63, 3.8) is 0 Å². The quantitative estimate of drug-likeness (QED) is 0.861. The molecule has 0 aliphatic carbocycles. The largest absolute Gasteiger partial charge is 0.391 e. The number of aliphatic hydroxyl groups is 1. The van der Waals surface area contributed by atoms with E-state index in [1.807, 2.05) is 19.1 Å². The molecule has 0 radical (unpaired) electrons. The van der Waals surface area contributed by atoms with E-state index in [1.165, 1.54) is 6.20 Å². The van der Waals surface area contributed by atoms with Crippen molar-refractivity contribution in [2.24, 2.45) is 0 Å². The van der Waals surface area contributed by atoms with Crippen LogP contribution in [0.2, 0.25) is 5.02 Å². The van der Waals surface area contributed by atoms with Gasteiger partial charge in [0, 0.05) is 17.8 Å². The summed E-state index contributed by atoms with van der Waals surface area (Å²) in [5.74, 6) is -0.251. The Hall–Kier alpha value is -1.85. The molecule has 0 aliphatic heterocycles. The van der Waals surface area contributed by atoms with Gasteiger partial charge < -0.3 is 10.4 Å². The van der Waals surface area contributed by atoms with Crippen LogP contribution >= 0.6 is 11.6 Å². The average Bonchev–Trinajstić information content (AvgIpc) is 2.95. The lowest BCUT2D eigenvalue weighted by Gasteiger charge is -2.09. The van der Waals surface area contributed by atoms with Crippen molar-refractivity contribution in [3.8, 4) is 5.69 Å². The Morgan fingerprint density at radius 2 is 2.33 bits per heavy atom.